The summed E-state index contributed by atoms with van der Waals surface area (Å²) in [4.78, 5) is 4.65. The average Bonchev–Trinajstić information content (AvgIpc) is 3.17. The van der Waals surface area contributed by atoms with Gasteiger partial charge in [-0.25, -0.2) is 0 Å². The number of rotatable bonds is 5. The Hall–Kier alpha value is -2.98. The minimum atomic E-state index is 0.567. The zero-order valence-electron chi connectivity index (χ0n) is 17.7. The summed E-state index contributed by atoms with van der Waals surface area (Å²) in [6.45, 7) is 3.68. The van der Waals surface area contributed by atoms with Gasteiger partial charge < -0.3 is 19.3 Å². The van der Waals surface area contributed by atoms with Crippen LogP contribution in [0.4, 0.5) is 5.69 Å². The fourth-order valence-corrected chi connectivity index (χ4v) is 4.50. The van der Waals surface area contributed by atoms with E-state index in [1.807, 2.05) is 30.3 Å². The molecule has 0 spiro atoms. The van der Waals surface area contributed by atoms with Crippen molar-refractivity contribution < 1.29 is 9.47 Å². The quantitative estimate of drug-likeness (QED) is 0.594. The number of ether oxygens (including phenoxy) is 2. The topological polar surface area (TPSA) is 24.9 Å². The minimum Gasteiger partial charge on any atom is -0.493 e. The highest BCUT2D eigenvalue weighted by molar-refractivity contribution is 5.58. The van der Waals surface area contributed by atoms with Gasteiger partial charge in [-0.2, -0.15) is 0 Å². The Morgan fingerprint density at radius 2 is 1.70 bits per heavy atom. The maximum atomic E-state index is 6.13. The molecular formula is C26H28N2O2. The first kappa shape index (κ1) is 19.0. The van der Waals surface area contributed by atoms with Gasteiger partial charge in [0.05, 0.1) is 6.61 Å². The second-order valence-corrected chi connectivity index (χ2v) is 8.64. The lowest BCUT2D eigenvalue weighted by molar-refractivity contribution is 0.188. The Balaban J connectivity index is 1.29. The van der Waals surface area contributed by atoms with E-state index in [0.717, 1.165) is 49.9 Å². The zero-order chi connectivity index (χ0) is 20.5. The summed E-state index contributed by atoms with van der Waals surface area (Å²) in [5, 5.41) is 0. The van der Waals surface area contributed by atoms with Crippen LogP contribution >= 0.6 is 0 Å². The Kier molecular flexibility index (Phi) is 5.09. The van der Waals surface area contributed by atoms with Crippen LogP contribution in [0.25, 0.3) is 0 Å². The second kappa shape index (κ2) is 8.04. The molecule has 2 aliphatic heterocycles. The third-order valence-corrected chi connectivity index (χ3v) is 5.90. The van der Waals surface area contributed by atoms with Gasteiger partial charge in [0.15, 0.2) is 0 Å². The molecule has 0 radical (unpaired) electrons. The lowest BCUT2D eigenvalue weighted by Gasteiger charge is -2.28. The standard InChI is InChI=1S/C26H28N2O2/c1-27(2)15-19-12-20-8-10-23(14-26(20)29-18-19)28-16-21-9-11-25(13-22(21)17-28)30-24-6-4-3-5-7-24/h3-11,13-14,19H,12,15-18H2,1-2H3. The highest BCUT2D eigenvalue weighted by atomic mass is 16.5. The lowest BCUT2D eigenvalue weighted by atomic mass is 9.96. The van der Waals surface area contributed by atoms with E-state index in [1.165, 1.54) is 22.4 Å². The number of para-hydroxylation sites is 1. The maximum absolute atomic E-state index is 6.13. The molecule has 3 aromatic rings. The number of hydrogen-bond donors (Lipinski definition) is 0. The number of nitrogens with zero attached hydrogens (tertiary/aromatic N) is 2. The Labute approximate surface area is 178 Å². The third kappa shape index (κ3) is 4.01. The summed E-state index contributed by atoms with van der Waals surface area (Å²) in [6, 6.07) is 23.1. The highest BCUT2D eigenvalue weighted by Crippen LogP contribution is 2.36. The van der Waals surface area contributed by atoms with Crippen molar-refractivity contribution in [3.8, 4) is 17.2 Å². The molecule has 1 unspecified atom stereocenters. The van der Waals surface area contributed by atoms with Crippen molar-refractivity contribution >= 4 is 5.69 Å². The number of anilines is 1. The number of fused-ring (bicyclic) bond motifs is 2. The molecule has 5 rings (SSSR count). The molecule has 0 amide bonds. The van der Waals surface area contributed by atoms with Crippen LogP contribution < -0.4 is 14.4 Å². The Bertz CT molecular complexity index is 1030. The van der Waals surface area contributed by atoms with Crippen LogP contribution in [0.5, 0.6) is 17.2 Å². The van der Waals surface area contributed by atoms with Crippen LogP contribution in [-0.4, -0.2) is 32.1 Å². The highest BCUT2D eigenvalue weighted by Gasteiger charge is 2.24. The molecule has 1 atom stereocenters. The molecule has 4 heteroatoms. The largest absolute Gasteiger partial charge is 0.493 e. The fourth-order valence-electron chi connectivity index (χ4n) is 4.50. The van der Waals surface area contributed by atoms with Crippen LogP contribution in [0.2, 0.25) is 0 Å². The molecule has 0 saturated heterocycles. The molecular weight excluding hydrogens is 372 g/mol. The molecule has 2 aliphatic rings. The van der Waals surface area contributed by atoms with E-state index < -0.39 is 0 Å². The summed E-state index contributed by atoms with van der Waals surface area (Å²) in [5.41, 5.74) is 5.24. The van der Waals surface area contributed by atoms with Crippen LogP contribution in [0.1, 0.15) is 16.7 Å². The van der Waals surface area contributed by atoms with E-state index in [2.05, 4.69) is 60.3 Å². The maximum Gasteiger partial charge on any atom is 0.127 e. The molecule has 0 fully saturated rings. The van der Waals surface area contributed by atoms with E-state index in [1.54, 1.807) is 0 Å². The van der Waals surface area contributed by atoms with Gasteiger partial charge in [0.1, 0.15) is 17.2 Å². The van der Waals surface area contributed by atoms with Crippen molar-refractivity contribution in [3.05, 3.63) is 83.4 Å². The summed E-state index contributed by atoms with van der Waals surface area (Å²) in [6.07, 6.45) is 1.09. The van der Waals surface area contributed by atoms with Crippen molar-refractivity contribution in [1.29, 1.82) is 0 Å². The van der Waals surface area contributed by atoms with Gasteiger partial charge in [0.2, 0.25) is 0 Å². The van der Waals surface area contributed by atoms with Crippen LogP contribution in [0.3, 0.4) is 0 Å². The van der Waals surface area contributed by atoms with Gasteiger partial charge in [0, 0.05) is 37.3 Å². The Morgan fingerprint density at radius 3 is 2.53 bits per heavy atom. The smallest absolute Gasteiger partial charge is 0.127 e. The minimum absolute atomic E-state index is 0.567. The molecule has 2 heterocycles. The van der Waals surface area contributed by atoms with E-state index in [0.29, 0.717) is 5.92 Å². The molecule has 0 saturated carbocycles. The van der Waals surface area contributed by atoms with Crippen molar-refractivity contribution in [2.24, 2.45) is 5.92 Å². The second-order valence-electron chi connectivity index (χ2n) is 8.64. The van der Waals surface area contributed by atoms with Crippen LogP contribution in [0, 0.1) is 5.92 Å². The summed E-state index contributed by atoms with van der Waals surface area (Å²) in [5.74, 6) is 3.37. The van der Waals surface area contributed by atoms with Gasteiger partial charge in [-0.3, -0.25) is 0 Å². The Morgan fingerprint density at radius 1 is 0.900 bits per heavy atom. The number of benzene rings is 3. The molecule has 4 nitrogen and oxygen atoms in total. The van der Waals surface area contributed by atoms with Gasteiger partial charge >= 0.3 is 0 Å². The van der Waals surface area contributed by atoms with Gasteiger partial charge in [-0.05, 0) is 67.5 Å². The first-order valence-corrected chi connectivity index (χ1v) is 10.6. The van der Waals surface area contributed by atoms with E-state index >= 15 is 0 Å². The predicted molar refractivity (Wildman–Crippen MR) is 121 cm³/mol. The first-order chi connectivity index (χ1) is 14.6. The zero-order valence-corrected chi connectivity index (χ0v) is 17.7. The molecule has 0 N–H and O–H groups in total. The van der Waals surface area contributed by atoms with Crippen molar-refractivity contribution in [2.45, 2.75) is 19.5 Å². The van der Waals surface area contributed by atoms with Crippen LogP contribution in [0.15, 0.2) is 66.7 Å². The number of hydrogen-bond acceptors (Lipinski definition) is 4. The predicted octanol–water partition coefficient (Wildman–Crippen LogP) is 5.11. The van der Waals surface area contributed by atoms with Crippen molar-refractivity contribution in [2.75, 3.05) is 32.1 Å². The SMILES string of the molecule is CN(C)CC1COc2cc(N3Cc4ccc(Oc5ccccc5)cc4C3)ccc2C1. The van der Waals surface area contributed by atoms with E-state index in [9.17, 15) is 0 Å². The summed E-state index contributed by atoms with van der Waals surface area (Å²) in [7, 11) is 4.25. The van der Waals surface area contributed by atoms with Gasteiger partial charge in [-0.1, -0.05) is 30.3 Å². The average molecular weight is 401 g/mol. The molecule has 0 aliphatic carbocycles. The molecule has 0 aromatic heterocycles. The molecule has 154 valence electrons. The molecule has 0 bridgehead atoms. The van der Waals surface area contributed by atoms with Gasteiger partial charge in [-0.15, -0.1) is 0 Å². The normalized spacial score (nSPS) is 17.4. The first-order valence-electron chi connectivity index (χ1n) is 10.6. The monoisotopic (exact) mass is 400 g/mol. The van der Waals surface area contributed by atoms with E-state index in [4.69, 9.17) is 9.47 Å². The van der Waals surface area contributed by atoms with E-state index in [-0.39, 0.29) is 0 Å². The van der Waals surface area contributed by atoms with Crippen molar-refractivity contribution in [3.63, 3.8) is 0 Å². The van der Waals surface area contributed by atoms with Crippen molar-refractivity contribution in [1.82, 2.24) is 4.90 Å². The third-order valence-electron chi connectivity index (χ3n) is 5.90. The van der Waals surface area contributed by atoms with Gasteiger partial charge in [0.25, 0.3) is 0 Å². The summed E-state index contributed by atoms with van der Waals surface area (Å²) < 4.78 is 12.1. The fraction of sp³-hybridized carbons (Fsp3) is 0.308. The molecule has 30 heavy (non-hydrogen) atoms. The van der Waals surface area contributed by atoms with Crippen LogP contribution in [-0.2, 0) is 19.5 Å². The lowest BCUT2D eigenvalue weighted by Crippen LogP contribution is -2.30. The summed E-state index contributed by atoms with van der Waals surface area (Å²) >= 11 is 0. The molecule has 3 aromatic carbocycles.